The van der Waals surface area contributed by atoms with Crippen LogP contribution in [0.25, 0.3) is 0 Å². The van der Waals surface area contributed by atoms with E-state index in [1.807, 2.05) is 17.5 Å². The van der Waals surface area contributed by atoms with E-state index >= 15 is 0 Å². The number of thiophene rings is 1. The fourth-order valence-corrected chi connectivity index (χ4v) is 3.69. The first-order valence-corrected chi connectivity index (χ1v) is 9.74. The second-order valence-electron chi connectivity index (χ2n) is 5.97. The third-order valence-corrected chi connectivity index (χ3v) is 5.66. The third kappa shape index (κ3) is 6.09. The van der Waals surface area contributed by atoms with Crippen molar-refractivity contribution in [2.45, 2.75) is 30.8 Å². The number of carbonyl (C=O) groups excluding carboxylic acids is 1. The number of hydrogen-bond acceptors (Lipinski definition) is 5. The minimum Gasteiger partial charge on any atom is -0.346 e. The van der Waals surface area contributed by atoms with Crippen molar-refractivity contribution in [1.29, 1.82) is 0 Å². The van der Waals surface area contributed by atoms with Gasteiger partial charge in [0.25, 0.3) is 5.91 Å². The highest BCUT2D eigenvalue weighted by Crippen LogP contribution is 2.14. The number of amides is 1. The smallest absolute Gasteiger partial charge is 0.251 e. The maximum atomic E-state index is 12.4. The molecule has 0 aliphatic carbocycles. The van der Waals surface area contributed by atoms with Crippen molar-refractivity contribution in [3.05, 3.63) is 52.2 Å². The summed E-state index contributed by atoms with van der Waals surface area (Å²) in [6.45, 7) is 4.10. The highest BCUT2D eigenvalue weighted by Gasteiger charge is 2.21. The molecule has 0 atom stereocenters. The molecule has 0 saturated heterocycles. The van der Waals surface area contributed by atoms with Gasteiger partial charge in [-0.2, -0.15) is 0 Å². The molecule has 6 nitrogen and oxygen atoms in total. The molecule has 1 heterocycles. The van der Waals surface area contributed by atoms with Crippen molar-refractivity contribution in [2.75, 3.05) is 6.54 Å². The Labute approximate surface area is 158 Å². The summed E-state index contributed by atoms with van der Waals surface area (Å²) in [6.07, 6.45) is 0. The van der Waals surface area contributed by atoms with Gasteiger partial charge in [0.05, 0.1) is 4.90 Å². The molecular weight excluding hydrogens is 382 g/mol. The first-order chi connectivity index (χ1) is 11.2. The number of sulfonamides is 1. The van der Waals surface area contributed by atoms with E-state index in [1.54, 1.807) is 26.0 Å². The van der Waals surface area contributed by atoms with Crippen LogP contribution in [0.2, 0.25) is 0 Å². The zero-order valence-electron chi connectivity index (χ0n) is 14.0. The fourth-order valence-electron chi connectivity index (χ4n) is 1.90. The van der Waals surface area contributed by atoms with Crippen LogP contribution >= 0.6 is 23.7 Å². The summed E-state index contributed by atoms with van der Waals surface area (Å²) < 4.78 is 27.3. The standard InChI is InChI=1S/C16H21N3O3S2.ClH/c1-16(2,11-17)19-15(20)12-5-3-7-14(9-12)24(21,22)18-10-13-6-4-8-23-13;/h3-9,18H,10-11,17H2,1-2H3,(H,19,20);1H. The van der Waals surface area contributed by atoms with Gasteiger partial charge in [0.1, 0.15) is 0 Å². The number of rotatable bonds is 7. The summed E-state index contributed by atoms with van der Waals surface area (Å²) in [6, 6.07) is 9.65. The molecule has 9 heteroatoms. The van der Waals surface area contributed by atoms with E-state index in [2.05, 4.69) is 10.0 Å². The lowest BCUT2D eigenvalue weighted by Gasteiger charge is -2.24. The molecule has 1 amide bonds. The molecule has 0 spiro atoms. The minimum atomic E-state index is -3.69. The molecule has 0 saturated carbocycles. The van der Waals surface area contributed by atoms with Crippen LogP contribution < -0.4 is 15.8 Å². The van der Waals surface area contributed by atoms with E-state index < -0.39 is 15.6 Å². The van der Waals surface area contributed by atoms with Crippen molar-refractivity contribution in [3.63, 3.8) is 0 Å². The lowest BCUT2D eigenvalue weighted by atomic mass is 10.1. The molecule has 25 heavy (non-hydrogen) atoms. The Hall–Kier alpha value is -1.45. The van der Waals surface area contributed by atoms with E-state index in [0.717, 1.165) is 4.88 Å². The largest absolute Gasteiger partial charge is 0.346 e. The molecule has 2 rings (SSSR count). The normalized spacial score (nSPS) is 11.6. The summed E-state index contributed by atoms with van der Waals surface area (Å²) in [7, 11) is -3.69. The van der Waals surface area contributed by atoms with Crippen LogP contribution in [0.15, 0.2) is 46.7 Å². The Morgan fingerprint density at radius 3 is 2.56 bits per heavy atom. The zero-order chi connectivity index (χ0) is 17.8. The van der Waals surface area contributed by atoms with Gasteiger partial charge < -0.3 is 11.1 Å². The fraction of sp³-hybridized carbons (Fsp3) is 0.312. The summed E-state index contributed by atoms with van der Waals surface area (Å²) in [5, 5.41) is 4.66. The van der Waals surface area contributed by atoms with Crippen LogP contribution in [-0.4, -0.2) is 26.4 Å². The number of nitrogens with two attached hydrogens (primary N) is 1. The average molecular weight is 404 g/mol. The predicted octanol–water partition coefficient (Wildman–Crippen LogP) is 2.12. The van der Waals surface area contributed by atoms with Crippen molar-refractivity contribution in [1.82, 2.24) is 10.0 Å². The first kappa shape index (κ1) is 21.6. The van der Waals surface area contributed by atoms with Gasteiger partial charge in [0.2, 0.25) is 10.0 Å². The molecule has 4 N–H and O–H groups in total. The van der Waals surface area contributed by atoms with Gasteiger partial charge in [-0.3, -0.25) is 4.79 Å². The minimum absolute atomic E-state index is 0. The maximum absolute atomic E-state index is 12.4. The van der Waals surface area contributed by atoms with Gasteiger partial charge in [-0.1, -0.05) is 12.1 Å². The van der Waals surface area contributed by atoms with Crippen LogP contribution in [-0.2, 0) is 16.6 Å². The van der Waals surface area contributed by atoms with E-state index in [1.165, 1.54) is 23.5 Å². The van der Waals surface area contributed by atoms with Gasteiger partial charge in [-0.25, -0.2) is 13.1 Å². The summed E-state index contributed by atoms with van der Waals surface area (Å²) in [5.41, 5.74) is 5.31. The predicted molar refractivity (Wildman–Crippen MR) is 103 cm³/mol. The molecule has 0 aliphatic rings. The average Bonchev–Trinajstić information content (AvgIpc) is 3.06. The van der Waals surface area contributed by atoms with Gasteiger partial charge in [-0.15, -0.1) is 23.7 Å². The maximum Gasteiger partial charge on any atom is 0.251 e. The highest BCUT2D eigenvalue weighted by molar-refractivity contribution is 7.89. The van der Waals surface area contributed by atoms with Crippen LogP contribution in [0.3, 0.4) is 0 Å². The van der Waals surface area contributed by atoms with E-state index in [4.69, 9.17) is 5.73 Å². The summed E-state index contributed by atoms with van der Waals surface area (Å²) >= 11 is 1.47. The molecule has 0 fully saturated rings. The second-order valence-corrected chi connectivity index (χ2v) is 8.77. The van der Waals surface area contributed by atoms with Crippen LogP contribution in [0.4, 0.5) is 0 Å². The summed E-state index contributed by atoms with van der Waals surface area (Å²) in [5.74, 6) is -0.360. The Bertz CT molecular complexity index is 806. The van der Waals surface area contributed by atoms with Crippen molar-refractivity contribution >= 4 is 39.7 Å². The molecule has 0 radical (unpaired) electrons. The van der Waals surface area contributed by atoms with Crippen molar-refractivity contribution in [3.8, 4) is 0 Å². The molecule has 1 aromatic heterocycles. The van der Waals surface area contributed by atoms with E-state index in [0.29, 0.717) is 0 Å². The lowest BCUT2D eigenvalue weighted by molar-refractivity contribution is 0.0915. The van der Waals surface area contributed by atoms with Gasteiger partial charge in [0, 0.05) is 29.1 Å². The van der Waals surface area contributed by atoms with E-state index in [9.17, 15) is 13.2 Å². The Morgan fingerprint density at radius 1 is 1.24 bits per heavy atom. The van der Waals surface area contributed by atoms with Crippen molar-refractivity contribution < 1.29 is 13.2 Å². The molecular formula is C16H22ClN3O3S2. The number of benzene rings is 1. The third-order valence-electron chi connectivity index (χ3n) is 3.39. The second kappa shape index (κ2) is 8.77. The van der Waals surface area contributed by atoms with Crippen LogP contribution in [0, 0.1) is 0 Å². The number of halogens is 1. The molecule has 0 unspecified atom stereocenters. The van der Waals surface area contributed by atoms with Crippen LogP contribution in [0.5, 0.6) is 0 Å². The monoisotopic (exact) mass is 403 g/mol. The Kier molecular flexibility index (Phi) is 7.58. The van der Waals surface area contributed by atoms with Gasteiger partial charge in [0.15, 0.2) is 0 Å². The first-order valence-electron chi connectivity index (χ1n) is 7.38. The summed E-state index contributed by atoms with van der Waals surface area (Å²) in [4.78, 5) is 13.2. The molecule has 0 aliphatic heterocycles. The Balaban J connectivity index is 0.00000312. The highest BCUT2D eigenvalue weighted by atomic mass is 35.5. The quantitative estimate of drug-likeness (QED) is 0.658. The lowest BCUT2D eigenvalue weighted by Crippen LogP contribution is -2.48. The SMILES string of the molecule is CC(C)(CN)NC(=O)c1cccc(S(=O)(=O)NCc2cccs2)c1.Cl. The Morgan fingerprint density at radius 2 is 1.96 bits per heavy atom. The number of hydrogen-bond donors (Lipinski definition) is 3. The van der Waals surface area contributed by atoms with Crippen molar-refractivity contribution in [2.24, 2.45) is 5.73 Å². The van der Waals surface area contributed by atoms with Gasteiger partial charge >= 0.3 is 0 Å². The molecule has 2 aromatic rings. The topological polar surface area (TPSA) is 101 Å². The molecule has 0 bridgehead atoms. The van der Waals surface area contributed by atoms with Gasteiger partial charge in [-0.05, 0) is 43.5 Å². The zero-order valence-corrected chi connectivity index (χ0v) is 16.4. The molecule has 1 aromatic carbocycles. The number of carbonyl (C=O) groups is 1. The van der Waals surface area contributed by atoms with E-state index in [-0.39, 0.29) is 41.9 Å². The molecule has 138 valence electrons. The number of nitrogens with one attached hydrogen (secondary N) is 2. The van der Waals surface area contributed by atoms with Crippen LogP contribution in [0.1, 0.15) is 29.1 Å².